The molecule has 4 heteroatoms. The van der Waals surface area contributed by atoms with Crippen molar-refractivity contribution in [2.45, 2.75) is 26.9 Å². The van der Waals surface area contributed by atoms with E-state index in [1.165, 1.54) is 16.7 Å². The lowest BCUT2D eigenvalue weighted by Crippen LogP contribution is -1.94. The second-order valence-corrected chi connectivity index (χ2v) is 4.56. The highest BCUT2D eigenvalue weighted by Gasteiger charge is 1.87. The number of azide groups is 1. The molecule has 104 valence electrons. The summed E-state index contributed by atoms with van der Waals surface area (Å²) in [6.45, 7) is 5.18. The summed E-state index contributed by atoms with van der Waals surface area (Å²) in [5.74, 6) is 0. The lowest BCUT2D eigenvalue weighted by atomic mass is 10.2. The molecular formula is C16H20N4. The summed E-state index contributed by atoms with van der Waals surface area (Å²) in [4.78, 5) is 2.68. The van der Waals surface area contributed by atoms with E-state index in [4.69, 9.17) is 11.3 Å². The van der Waals surface area contributed by atoms with Crippen molar-refractivity contribution in [1.29, 1.82) is 0 Å². The maximum atomic E-state index is 8.04. The summed E-state index contributed by atoms with van der Waals surface area (Å²) in [6.07, 6.45) is 0. The third-order valence-electron chi connectivity index (χ3n) is 2.79. The molecule has 0 aliphatic carbocycles. The van der Waals surface area contributed by atoms with Crippen molar-refractivity contribution in [3.8, 4) is 0 Å². The minimum absolute atomic E-state index is 0.441. The molecule has 2 aromatic rings. The highest BCUT2D eigenvalue weighted by atomic mass is 15.1. The van der Waals surface area contributed by atoms with Crippen LogP contribution in [0.25, 0.3) is 10.4 Å². The van der Waals surface area contributed by atoms with Gasteiger partial charge in [0.15, 0.2) is 0 Å². The van der Waals surface area contributed by atoms with E-state index in [9.17, 15) is 0 Å². The fourth-order valence-corrected chi connectivity index (χ4v) is 1.53. The molecule has 0 heterocycles. The molecule has 0 atom stereocenters. The topological polar surface area (TPSA) is 74.8 Å². The lowest BCUT2D eigenvalue weighted by molar-refractivity contribution is 1.05. The maximum absolute atomic E-state index is 8.04. The van der Waals surface area contributed by atoms with Gasteiger partial charge in [0.1, 0.15) is 0 Å². The van der Waals surface area contributed by atoms with Crippen LogP contribution in [0.1, 0.15) is 22.3 Å². The van der Waals surface area contributed by atoms with E-state index < -0.39 is 0 Å². The van der Waals surface area contributed by atoms with Crippen molar-refractivity contribution in [1.82, 2.24) is 0 Å². The second-order valence-electron chi connectivity index (χ2n) is 4.56. The quantitative estimate of drug-likeness (QED) is 0.504. The summed E-state index contributed by atoms with van der Waals surface area (Å²) in [7, 11) is 0. The van der Waals surface area contributed by atoms with Crippen LogP contribution in [0.5, 0.6) is 0 Å². The Hall–Kier alpha value is -2.29. The first-order valence-corrected chi connectivity index (χ1v) is 6.47. The number of aryl methyl sites for hydroxylation is 2. The number of rotatable bonds is 3. The van der Waals surface area contributed by atoms with Crippen molar-refractivity contribution < 1.29 is 0 Å². The zero-order chi connectivity index (χ0) is 14.8. The van der Waals surface area contributed by atoms with Gasteiger partial charge in [0, 0.05) is 11.5 Å². The van der Waals surface area contributed by atoms with Crippen LogP contribution in [0, 0.1) is 13.8 Å². The lowest BCUT2D eigenvalue weighted by Gasteiger charge is -1.94. The Morgan fingerprint density at radius 1 is 0.900 bits per heavy atom. The molecule has 0 bridgehead atoms. The Labute approximate surface area is 119 Å². The SMILES string of the molecule is Cc1ccc(CN)cc1.Cc1ccc(CN=[N+]=[N-])cc1. The standard InChI is InChI=1S/C8H9N3.C8H11N/c1-7-2-4-8(5-3-7)6-10-11-9;1-7-2-4-8(6-9)5-3-7/h2-5H,6H2,1H3;2-5H,6,9H2,1H3. The Balaban J connectivity index is 0.000000204. The average molecular weight is 268 g/mol. The molecule has 0 radical (unpaired) electrons. The van der Waals surface area contributed by atoms with Gasteiger partial charge in [-0.25, -0.2) is 0 Å². The fraction of sp³-hybridized carbons (Fsp3) is 0.250. The van der Waals surface area contributed by atoms with Crippen LogP contribution in [0.4, 0.5) is 0 Å². The summed E-state index contributed by atoms with van der Waals surface area (Å²) < 4.78 is 0. The second kappa shape index (κ2) is 8.75. The fourth-order valence-electron chi connectivity index (χ4n) is 1.53. The average Bonchev–Trinajstić information content (AvgIpc) is 2.48. The molecule has 0 aliphatic heterocycles. The predicted molar refractivity (Wildman–Crippen MR) is 83.1 cm³/mol. The van der Waals surface area contributed by atoms with Crippen molar-refractivity contribution in [3.63, 3.8) is 0 Å². The molecule has 0 saturated heterocycles. The van der Waals surface area contributed by atoms with Crippen molar-refractivity contribution in [3.05, 3.63) is 81.2 Å². The maximum Gasteiger partial charge on any atom is 0.0510 e. The summed E-state index contributed by atoms with van der Waals surface area (Å²) in [5, 5.41) is 3.45. The van der Waals surface area contributed by atoms with Crippen LogP contribution < -0.4 is 5.73 Å². The number of hydrogen-bond acceptors (Lipinski definition) is 2. The van der Waals surface area contributed by atoms with E-state index in [2.05, 4.69) is 41.2 Å². The van der Waals surface area contributed by atoms with Gasteiger partial charge in [-0.15, -0.1) is 0 Å². The predicted octanol–water partition coefficient (Wildman–Crippen LogP) is 4.26. The van der Waals surface area contributed by atoms with Crippen LogP contribution in [0.15, 0.2) is 53.6 Å². The van der Waals surface area contributed by atoms with Gasteiger partial charge in [-0.2, -0.15) is 0 Å². The first-order valence-electron chi connectivity index (χ1n) is 6.47. The van der Waals surface area contributed by atoms with Gasteiger partial charge >= 0.3 is 0 Å². The van der Waals surface area contributed by atoms with Crippen LogP contribution in [-0.4, -0.2) is 0 Å². The number of nitrogens with zero attached hydrogens (tertiary/aromatic N) is 3. The zero-order valence-electron chi connectivity index (χ0n) is 12.0. The molecular weight excluding hydrogens is 248 g/mol. The van der Waals surface area contributed by atoms with E-state index in [1.807, 2.05) is 31.2 Å². The molecule has 0 unspecified atom stereocenters. The van der Waals surface area contributed by atoms with Crippen LogP contribution >= 0.6 is 0 Å². The first-order chi connectivity index (χ1) is 9.65. The molecule has 0 spiro atoms. The highest BCUT2D eigenvalue weighted by Crippen LogP contribution is 2.04. The van der Waals surface area contributed by atoms with Crippen LogP contribution in [0.3, 0.4) is 0 Å². The van der Waals surface area contributed by atoms with Gasteiger partial charge in [0.05, 0.1) is 6.54 Å². The van der Waals surface area contributed by atoms with E-state index in [0.29, 0.717) is 13.1 Å². The number of nitrogens with two attached hydrogens (primary N) is 1. The smallest absolute Gasteiger partial charge is 0.0510 e. The molecule has 2 aromatic carbocycles. The van der Waals surface area contributed by atoms with E-state index in [1.54, 1.807) is 0 Å². The number of hydrogen-bond donors (Lipinski definition) is 1. The Morgan fingerprint density at radius 2 is 1.35 bits per heavy atom. The summed E-state index contributed by atoms with van der Waals surface area (Å²) in [5.41, 5.74) is 18.2. The zero-order valence-corrected chi connectivity index (χ0v) is 12.0. The minimum atomic E-state index is 0.441. The molecule has 2 rings (SSSR count). The third-order valence-corrected chi connectivity index (χ3v) is 2.79. The molecule has 0 aromatic heterocycles. The molecule has 0 amide bonds. The van der Waals surface area contributed by atoms with Crippen LogP contribution in [0.2, 0.25) is 0 Å². The monoisotopic (exact) mass is 268 g/mol. The van der Waals surface area contributed by atoms with Gasteiger partial charge in [-0.3, -0.25) is 0 Å². The molecule has 4 nitrogen and oxygen atoms in total. The van der Waals surface area contributed by atoms with Gasteiger partial charge in [0.25, 0.3) is 0 Å². The summed E-state index contributed by atoms with van der Waals surface area (Å²) >= 11 is 0. The molecule has 2 N–H and O–H groups in total. The third kappa shape index (κ3) is 6.05. The normalized spacial score (nSPS) is 9.15. The van der Waals surface area contributed by atoms with Crippen molar-refractivity contribution >= 4 is 0 Å². The van der Waals surface area contributed by atoms with E-state index in [0.717, 1.165) is 5.56 Å². The number of benzene rings is 2. The van der Waals surface area contributed by atoms with E-state index in [-0.39, 0.29) is 0 Å². The van der Waals surface area contributed by atoms with Crippen molar-refractivity contribution in [2.75, 3.05) is 0 Å². The largest absolute Gasteiger partial charge is 0.326 e. The highest BCUT2D eigenvalue weighted by molar-refractivity contribution is 5.21. The van der Waals surface area contributed by atoms with E-state index >= 15 is 0 Å². The first kappa shape index (κ1) is 15.8. The molecule has 20 heavy (non-hydrogen) atoms. The van der Waals surface area contributed by atoms with Gasteiger partial charge in [0.2, 0.25) is 0 Å². The minimum Gasteiger partial charge on any atom is -0.326 e. The van der Waals surface area contributed by atoms with Gasteiger partial charge in [-0.05, 0) is 30.5 Å². The summed E-state index contributed by atoms with van der Waals surface area (Å²) in [6, 6.07) is 16.2. The molecule has 0 saturated carbocycles. The Kier molecular flexibility index (Phi) is 6.90. The van der Waals surface area contributed by atoms with Gasteiger partial charge < -0.3 is 5.73 Å². The molecule has 0 fully saturated rings. The Bertz CT molecular complexity index is 552. The van der Waals surface area contributed by atoms with Crippen LogP contribution in [-0.2, 0) is 13.1 Å². The van der Waals surface area contributed by atoms with Gasteiger partial charge in [-0.1, -0.05) is 64.8 Å². The molecule has 0 aliphatic rings. The van der Waals surface area contributed by atoms with Crippen molar-refractivity contribution in [2.24, 2.45) is 10.8 Å². The Morgan fingerprint density at radius 3 is 1.75 bits per heavy atom.